The fraction of sp³-hybridized carbons (Fsp3) is 0.333. The quantitative estimate of drug-likeness (QED) is 0.461. The van der Waals surface area contributed by atoms with E-state index in [9.17, 15) is 9.90 Å². The van der Waals surface area contributed by atoms with Crippen LogP contribution in [0.25, 0.3) is 6.08 Å². The summed E-state index contributed by atoms with van der Waals surface area (Å²) in [4.78, 5) is 14.4. The van der Waals surface area contributed by atoms with E-state index in [0.29, 0.717) is 19.6 Å². The van der Waals surface area contributed by atoms with Crippen molar-refractivity contribution in [1.82, 2.24) is 9.55 Å². The molecule has 6 heteroatoms. The molecule has 0 fully saturated rings. The molecule has 5 nitrogen and oxygen atoms in total. The number of aromatic nitrogens is 2. The predicted molar refractivity (Wildman–Crippen MR) is 86.8 cm³/mol. The van der Waals surface area contributed by atoms with Crippen LogP contribution in [0.5, 0.6) is 5.88 Å². The van der Waals surface area contributed by atoms with E-state index < -0.39 is 5.56 Å². The number of hydrogen-bond acceptors (Lipinski definition) is 4. The molecule has 0 amide bonds. The molecule has 1 rings (SSSR count). The second-order valence-electron chi connectivity index (χ2n) is 4.15. The third-order valence-electron chi connectivity index (χ3n) is 2.76. The summed E-state index contributed by atoms with van der Waals surface area (Å²) in [6, 6.07) is 0. The number of hydrogen-bond donors (Lipinski definition) is 2. The molecule has 21 heavy (non-hydrogen) atoms. The van der Waals surface area contributed by atoms with Crippen molar-refractivity contribution in [3.8, 4) is 5.88 Å². The first-order valence-electron chi connectivity index (χ1n) is 6.72. The Bertz CT molecular complexity index is 668. The maximum atomic E-state index is 11.8. The summed E-state index contributed by atoms with van der Waals surface area (Å²) in [5.74, 6) is 0.607. The smallest absolute Gasteiger partial charge is 0.262 e. The molecule has 0 saturated heterocycles. The number of aromatic hydroxyl groups is 1. The Labute approximate surface area is 128 Å². The highest BCUT2D eigenvalue weighted by atomic mass is 32.1. The Balaban J connectivity index is 3.05. The molecule has 0 bridgehead atoms. The molecule has 0 aliphatic carbocycles. The van der Waals surface area contributed by atoms with Gasteiger partial charge in [-0.25, -0.2) is 0 Å². The zero-order valence-electron chi connectivity index (χ0n) is 12.3. The highest BCUT2D eigenvalue weighted by molar-refractivity contribution is 7.71. The van der Waals surface area contributed by atoms with Crippen molar-refractivity contribution in [1.29, 1.82) is 0 Å². The second-order valence-corrected chi connectivity index (χ2v) is 4.54. The van der Waals surface area contributed by atoms with Crippen LogP contribution in [0.2, 0.25) is 0 Å². The molecule has 1 aromatic heterocycles. The van der Waals surface area contributed by atoms with Crippen molar-refractivity contribution < 1.29 is 9.84 Å². The maximum Gasteiger partial charge on any atom is 0.262 e. The SMILES string of the molecule is C=CC=C(C/C=C/c1c(O)n(CC)c(=S)[nH]c1=O)OCC. The van der Waals surface area contributed by atoms with Gasteiger partial charge in [-0.15, -0.1) is 0 Å². The minimum atomic E-state index is -0.413. The fourth-order valence-electron chi connectivity index (χ4n) is 1.80. The monoisotopic (exact) mass is 308 g/mol. The van der Waals surface area contributed by atoms with Gasteiger partial charge in [0.15, 0.2) is 4.77 Å². The molecule has 0 aliphatic heterocycles. The largest absolute Gasteiger partial charge is 0.498 e. The summed E-state index contributed by atoms with van der Waals surface area (Å²) < 4.78 is 7.08. The van der Waals surface area contributed by atoms with Gasteiger partial charge in [-0.1, -0.05) is 18.7 Å². The van der Waals surface area contributed by atoms with E-state index in [1.807, 2.05) is 13.8 Å². The summed E-state index contributed by atoms with van der Waals surface area (Å²) >= 11 is 4.99. The van der Waals surface area contributed by atoms with Crippen molar-refractivity contribution in [2.24, 2.45) is 0 Å². The Hall–Kier alpha value is -2.08. The number of nitrogens with zero attached hydrogens (tertiary/aromatic N) is 1. The standard InChI is InChI=1S/C15H20N2O3S/c1-4-8-11(20-6-3)9-7-10-12-13(18)16-15(21)17(5-2)14(12)19/h4,7-8,10,19H,1,5-6,9H2,2-3H3,(H,16,18,21)/b10-7+,11-8?. The Morgan fingerprint density at radius 1 is 1.52 bits per heavy atom. The van der Waals surface area contributed by atoms with Crippen molar-refractivity contribution >= 4 is 18.3 Å². The first kappa shape index (κ1) is 17.0. The Kier molecular flexibility index (Phi) is 6.68. The van der Waals surface area contributed by atoms with Crippen LogP contribution in [0.15, 0.2) is 35.4 Å². The maximum absolute atomic E-state index is 11.8. The van der Waals surface area contributed by atoms with E-state index in [1.165, 1.54) is 4.57 Å². The van der Waals surface area contributed by atoms with Crippen molar-refractivity contribution in [2.75, 3.05) is 6.61 Å². The van der Waals surface area contributed by atoms with Crippen molar-refractivity contribution in [2.45, 2.75) is 26.8 Å². The lowest BCUT2D eigenvalue weighted by Crippen LogP contribution is -2.16. The lowest BCUT2D eigenvalue weighted by molar-refractivity contribution is 0.224. The molecular formula is C15H20N2O3S. The van der Waals surface area contributed by atoms with Crippen LogP contribution in [0.1, 0.15) is 25.8 Å². The number of nitrogens with one attached hydrogen (secondary N) is 1. The van der Waals surface area contributed by atoms with E-state index in [-0.39, 0.29) is 16.2 Å². The Morgan fingerprint density at radius 3 is 2.81 bits per heavy atom. The molecule has 0 radical (unpaired) electrons. The van der Waals surface area contributed by atoms with Gasteiger partial charge in [0.05, 0.1) is 17.9 Å². The minimum absolute atomic E-state index is 0.131. The summed E-state index contributed by atoms with van der Waals surface area (Å²) in [6.07, 6.45) is 7.21. The van der Waals surface area contributed by atoms with Gasteiger partial charge < -0.3 is 9.84 Å². The molecular weight excluding hydrogens is 288 g/mol. The average molecular weight is 308 g/mol. The van der Waals surface area contributed by atoms with Crippen LogP contribution in [0.4, 0.5) is 0 Å². The van der Waals surface area contributed by atoms with Crippen LogP contribution in [-0.4, -0.2) is 21.3 Å². The van der Waals surface area contributed by atoms with Gasteiger partial charge >= 0.3 is 0 Å². The zero-order valence-corrected chi connectivity index (χ0v) is 13.1. The normalized spacial score (nSPS) is 11.8. The summed E-state index contributed by atoms with van der Waals surface area (Å²) in [7, 11) is 0. The third kappa shape index (κ3) is 4.46. The molecule has 1 heterocycles. The molecule has 0 unspecified atom stereocenters. The minimum Gasteiger partial charge on any atom is -0.498 e. The van der Waals surface area contributed by atoms with Crippen molar-refractivity contribution in [3.05, 3.63) is 51.3 Å². The Morgan fingerprint density at radius 2 is 2.24 bits per heavy atom. The molecule has 0 spiro atoms. The topological polar surface area (TPSA) is 67.2 Å². The second kappa shape index (κ2) is 8.26. The third-order valence-corrected chi connectivity index (χ3v) is 3.08. The first-order chi connectivity index (χ1) is 10.0. The highest BCUT2D eigenvalue weighted by Gasteiger charge is 2.08. The lowest BCUT2D eigenvalue weighted by atomic mass is 10.2. The summed E-state index contributed by atoms with van der Waals surface area (Å²) in [6.45, 7) is 8.38. The van der Waals surface area contributed by atoms with E-state index >= 15 is 0 Å². The van der Waals surface area contributed by atoms with Gasteiger partial charge in [-0.2, -0.15) is 0 Å². The molecule has 0 atom stereocenters. The zero-order chi connectivity index (χ0) is 15.8. The van der Waals surface area contributed by atoms with E-state index in [1.54, 1.807) is 24.3 Å². The molecule has 0 aliphatic rings. The summed E-state index contributed by atoms with van der Waals surface area (Å²) in [5, 5.41) is 10.1. The van der Waals surface area contributed by atoms with E-state index in [2.05, 4.69) is 11.6 Å². The molecule has 0 saturated carbocycles. The van der Waals surface area contributed by atoms with Crippen LogP contribution < -0.4 is 5.56 Å². The van der Waals surface area contributed by atoms with Crippen molar-refractivity contribution in [3.63, 3.8) is 0 Å². The van der Waals surface area contributed by atoms with Crippen LogP contribution >= 0.6 is 12.2 Å². The van der Waals surface area contributed by atoms with Crippen LogP contribution in [0, 0.1) is 4.77 Å². The molecule has 2 N–H and O–H groups in total. The summed E-state index contributed by atoms with van der Waals surface area (Å²) in [5.41, 5.74) is -0.232. The van der Waals surface area contributed by atoms with E-state index in [4.69, 9.17) is 17.0 Å². The van der Waals surface area contributed by atoms with Gasteiger partial charge in [0.1, 0.15) is 0 Å². The number of ether oxygens (including phenoxy) is 1. The first-order valence-corrected chi connectivity index (χ1v) is 7.12. The fourth-order valence-corrected chi connectivity index (χ4v) is 2.11. The van der Waals surface area contributed by atoms with Gasteiger partial charge in [-0.05, 0) is 38.2 Å². The highest BCUT2D eigenvalue weighted by Crippen LogP contribution is 2.15. The number of rotatable bonds is 7. The average Bonchev–Trinajstić information content (AvgIpc) is 2.43. The number of allylic oxidation sites excluding steroid dienone is 3. The lowest BCUT2D eigenvalue weighted by Gasteiger charge is -2.08. The number of H-pyrrole nitrogens is 1. The van der Waals surface area contributed by atoms with Gasteiger partial charge in [0, 0.05) is 13.0 Å². The van der Waals surface area contributed by atoms with E-state index in [0.717, 1.165) is 5.76 Å². The molecule has 0 aromatic carbocycles. The van der Waals surface area contributed by atoms with Gasteiger partial charge in [-0.3, -0.25) is 14.3 Å². The van der Waals surface area contributed by atoms with Gasteiger partial charge in [0.25, 0.3) is 5.56 Å². The molecule has 114 valence electrons. The molecule has 1 aromatic rings. The number of aromatic amines is 1. The van der Waals surface area contributed by atoms with Gasteiger partial charge in [0.2, 0.25) is 5.88 Å². The predicted octanol–water partition coefficient (Wildman–Crippen LogP) is 3.14. The van der Waals surface area contributed by atoms with Crippen LogP contribution in [-0.2, 0) is 11.3 Å². The van der Waals surface area contributed by atoms with Crippen LogP contribution in [0.3, 0.4) is 0 Å².